The highest BCUT2D eigenvalue weighted by Gasteiger charge is 2.47. The molecule has 0 saturated heterocycles. The molecular weight excluding hydrogens is 397 g/mol. The first-order valence-electron chi connectivity index (χ1n) is 7.60. The van der Waals surface area contributed by atoms with Gasteiger partial charge in [0.15, 0.2) is 5.69 Å². The topological polar surface area (TPSA) is 106 Å². The van der Waals surface area contributed by atoms with Crippen molar-refractivity contribution in [3.63, 3.8) is 0 Å². The van der Waals surface area contributed by atoms with E-state index < -0.39 is 70.4 Å². The van der Waals surface area contributed by atoms with Gasteiger partial charge < -0.3 is 19.4 Å². The van der Waals surface area contributed by atoms with Crippen molar-refractivity contribution in [1.29, 1.82) is 0 Å². The van der Waals surface area contributed by atoms with E-state index in [-0.39, 0.29) is 0 Å². The van der Waals surface area contributed by atoms with Crippen molar-refractivity contribution < 1.29 is 50.9 Å². The number of esters is 2. The van der Waals surface area contributed by atoms with Crippen LogP contribution in [0.4, 0.5) is 22.0 Å². The maximum absolute atomic E-state index is 14.1. The molecule has 0 bridgehead atoms. The standard InChI is InChI=1S/C16H16F5NO6/c1-6(2)5-7-8(12(23)27-3)10(15(17,18)14(25)26)22-11(16(19,20)21)9(7)13(24)28-4/h6H,5H2,1-4H3,(H,25,26)/p-1. The molecule has 0 aromatic carbocycles. The fourth-order valence-electron chi connectivity index (χ4n) is 2.42. The van der Waals surface area contributed by atoms with Crippen LogP contribution in [0, 0.1) is 5.92 Å². The van der Waals surface area contributed by atoms with Crippen LogP contribution in [0.5, 0.6) is 0 Å². The highest BCUT2D eigenvalue weighted by Crippen LogP contribution is 2.39. The summed E-state index contributed by atoms with van der Waals surface area (Å²) >= 11 is 0. The van der Waals surface area contributed by atoms with E-state index >= 15 is 0 Å². The Kier molecular flexibility index (Phi) is 6.70. The molecule has 156 valence electrons. The average molecular weight is 412 g/mol. The molecule has 12 heteroatoms. The first kappa shape index (κ1) is 23.2. The van der Waals surface area contributed by atoms with Crippen LogP contribution >= 0.6 is 0 Å². The zero-order valence-corrected chi connectivity index (χ0v) is 15.1. The van der Waals surface area contributed by atoms with Gasteiger partial charge >= 0.3 is 24.0 Å². The Labute approximate surface area is 155 Å². The van der Waals surface area contributed by atoms with Crippen molar-refractivity contribution in [2.45, 2.75) is 32.4 Å². The summed E-state index contributed by atoms with van der Waals surface area (Å²) in [6.45, 7) is 2.93. The van der Waals surface area contributed by atoms with E-state index in [0.29, 0.717) is 0 Å². The molecule has 0 aliphatic heterocycles. The molecule has 0 spiro atoms. The summed E-state index contributed by atoms with van der Waals surface area (Å²) in [5, 5.41) is 10.8. The molecule has 1 rings (SSSR count). The molecule has 0 unspecified atom stereocenters. The van der Waals surface area contributed by atoms with Gasteiger partial charge in [-0.15, -0.1) is 0 Å². The number of carbonyl (C=O) groups is 3. The van der Waals surface area contributed by atoms with Crippen molar-refractivity contribution >= 4 is 17.9 Å². The minimum absolute atomic E-state index is 0.489. The van der Waals surface area contributed by atoms with E-state index in [4.69, 9.17) is 0 Å². The van der Waals surface area contributed by atoms with Gasteiger partial charge in [-0.1, -0.05) is 13.8 Å². The van der Waals surface area contributed by atoms with Crippen LogP contribution < -0.4 is 5.11 Å². The van der Waals surface area contributed by atoms with Gasteiger partial charge in [0.25, 0.3) is 0 Å². The normalized spacial score (nSPS) is 12.1. The Bertz CT molecular complexity index is 804. The molecule has 1 aromatic rings. The van der Waals surface area contributed by atoms with Crippen molar-refractivity contribution in [3.8, 4) is 0 Å². The first-order valence-corrected chi connectivity index (χ1v) is 7.60. The van der Waals surface area contributed by atoms with Crippen LogP contribution in [0.3, 0.4) is 0 Å². The highest BCUT2D eigenvalue weighted by atomic mass is 19.4. The van der Waals surface area contributed by atoms with E-state index in [1.165, 1.54) is 13.8 Å². The number of halogens is 5. The van der Waals surface area contributed by atoms with Gasteiger partial charge in [0, 0.05) is 0 Å². The lowest BCUT2D eigenvalue weighted by Crippen LogP contribution is -2.42. The predicted molar refractivity (Wildman–Crippen MR) is 79.4 cm³/mol. The van der Waals surface area contributed by atoms with Crippen molar-refractivity contribution in [1.82, 2.24) is 4.98 Å². The van der Waals surface area contributed by atoms with E-state index in [1.54, 1.807) is 0 Å². The largest absolute Gasteiger partial charge is 0.544 e. The number of carboxylic acid groups (broad SMARTS) is 1. The Hall–Kier alpha value is -2.79. The third-order valence-electron chi connectivity index (χ3n) is 3.51. The summed E-state index contributed by atoms with van der Waals surface area (Å²) < 4.78 is 77.2. The fraction of sp³-hybridized carbons (Fsp3) is 0.500. The molecule has 0 aliphatic rings. The second-order valence-corrected chi connectivity index (χ2v) is 5.98. The van der Waals surface area contributed by atoms with Gasteiger partial charge in [0.05, 0.1) is 25.3 Å². The number of nitrogens with zero attached hydrogens (tertiary/aromatic N) is 1. The van der Waals surface area contributed by atoms with Gasteiger partial charge in [-0.3, -0.25) is 0 Å². The summed E-state index contributed by atoms with van der Waals surface area (Å²) in [5.74, 6) is -11.9. The number of ether oxygens (including phenoxy) is 2. The Morgan fingerprint density at radius 2 is 1.39 bits per heavy atom. The third-order valence-corrected chi connectivity index (χ3v) is 3.51. The van der Waals surface area contributed by atoms with Crippen molar-refractivity contribution in [3.05, 3.63) is 28.1 Å². The van der Waals surface area contributed by atoms with Gasteiger partial charge in [-0.2, -0.15) is 22.0 Å². The minimum atomic E-state index is -5.44. The summed E-state index contributed by atoms with van der Waals surface area (Å²) in [4.78, 5) is 37.6. The lowest BCUT2D eigenvalue weighted by molar-refractivity contribution is -0.331. The zero-order valence-electron chi connectivity index (χ0n) is 15.1. The van der Waals surface area contributed by atoms with Gasteiger partial charge in [0.1, 0.15) is 11.7 Å². The number of carboxylic acids is 1. The number of aliphatic carboxylic acids is 1. The molecule has 0 saturated carbocycles. The second-order valence-electron chi connectivity index (χ2n) is 5.98. The molecule has 0 aliphatic carbocycles. The van der Waals surface area contributed by atoms with Crippen molar-refractivity contribution in [2.24, 2.45) is 5.92 Å². The molecule has 0 amide bonds. The minimum Gasteiger partial charge on any atom is -0.544 e. The quantitative estimate of drug-likeness (QED) is 0.517. The first-order chi connectivity index (χ1) is 12.7. The summed E-state index contributed by atoms with van der Waals surface area (Å²) in [7, 11) is 1.47. The van der Waals surface area contributed by atoms with Crippen LogP contribution in [0.2, 0.25) is 0 Å². The van der Waals surface area contributed by atoms with Crippen LogP contribution in [-0.2, 0) is 32.8 Å². The van der Waals surface area contributed by atoms with Gasteiger partial charge in [-0.05, 0) is 17.9 Å². The number of aromatic nitrogens is 1. The summed E-state index contributed by atoms with van der Waals surface area (Å²) in [5.41, 5.74) is -7.50. The lowest BCUT2D eigenvalue weighted by Gasteiger charge is -2.25. The molecule has 1 heterocycles. The molecule has 0 N–H and O–H groups in total. The van der Waals surface area contributed by atoms with Crippen LogP contribution in [0.15, 0.2) is 0 Å². The maximum atomic E-state index is 14.1. The number of hydrogen-bond acceptors (Lipinski definition) is 7. The third kappa shape index (κ3) is 4.37. The van der Waals surface area contributed by atoms with Crippen LogP contribution in [-0.4, -0.2) is 37.1 Å². The Morgan fingerprint density at radius 1 is 0.964 bits per heavy atom. The van der Waals surface area contributed by atoms with E-state index in [2.05, 4.69) is 14.5 Å². The molecule has 0 radical (unpaired) electrons. The molecule has 0 atom stereocenters. The van der Waals surface area contributed by atoms with E-state index in [9.17, 15) is 41.4 Å². The maximum Gasteiger partial charge on any atom is 0.434 e. The summed E-state index contributed by atoms with van der Waals surface area (Å²) in [6.07, 6.45) is -5.93. The molecule has 0 fully saturated rings. The fourth-order valence-corrected chi connectivity index (χ4v) is 2.42. The number of hydrogen-bond donors (Lipinski definition) is 0. The van der Waals surface area contributed by atoms with E-state index in [1.807, 2.05) is 0 Å². The SMILES string of the molecule is COC(=O)c1c(C(F)(F)F)nc(C(F)(F)C(=O)[O-])c(C(=O)OC)c1CC(C)C. The number of alkyl halides is 5. The second kappa shape index (κ2) is 8.07. The number of pyridine rings is 1. The monoisotopic (exact) mass is 412 g/mol. The molecule has 28 heavy (non-hydrogen) atoms. The highest BCUT2D eigenvalue weighted by molar-refractivity contribution is 6.00. The van der Waals surface area contributed by atoms with Gasteiger partial charge in [0.2, 0.25) is 0 Å². The average Bonchev–Trinajstić information content (AvgIpc) is 2.57. The zero-order chi connectivity index (χ0) is 22.0. The Balaban J connectivity index is 4.27. The predicted octanol–water partition coefficient (Wildman–Crippen LogP) is 1.71. The Morgan fingerprint density at radius 3 is 1.71 bits per heavy atom. The van der Waals surface area contributed by atoms with E-state index in [0.717, 1.165) is 14.2 Å². The van der Waals surface area contributed by atoms with Crippen LogP contribution in [0.25, 0.3) is 0 Å². The van der Waals surface area contributed by atoms with Crippen molar-refractivity contribution in [2.75, 3.05) is 14.2 Å². The smallest absolute Gasteiger partial charge is 0.434 e. The molecule has 1 aromatic heterocycles. The van der Waals surface area contributed by atoms with Crippen LogP contribution in [0.1, 0.15) is 51.5 Å². The number of carbonyl (C=O) groups excluding carboxylic acids is 3. The van der Waals surface area contributed by atoms with Gasteiger partial charge in [-0.25, -0.2) is 14.6 Å². The molecule has 7 nitrogen and oxygen atoms in total. The summed E-state index contributed by atoms with van der Waals surface area (Å²) in [6, 6.07) is 0. The number of rotatable bonds is 6. The lowest BCUT2D eigenvalue weighted by atomic mass is 9.89. The molecular formula is C16H15F5NO6-. The number of methoxy groups -OCH3 is 2.